The quantitative estimate of drug-likeness (QED) is 0.287. The number of aliphatic hydroxyl groups is 1. The molecule has 0 bridgehead atoms. The topological polar surface area (TPSA) is 43.8 Å². The van der Waals surface area contributed by atoms with E-state index in [9.17, 15) is 9.90 Å². The van der Waals surface area contributed by atoms with Crippen LogP contribution in [0.4, 0.5) is 0 Å². The third-order valence-corrected chi connectivity index (χ3v) is 8.32. The van der Waals surface area contributed by atoms with E-state index in [2.05, 4.69) is 76.0 Å². The van der Waals surface area contributed by atoms with E-state index in [4.69, 9.17) is 0 Å². The standard InChI is InChI=1S/C30H35IN2O2/c1-32(2)28(34)30(26-9-5-3-6-10-26,27-11-7-4-8-12-27)19-22-33-20-17-29(35,18-21-33)25-15-13-24(23-31)14-16-25/h3-16,35H,17-23H2,1-2H3. The van der Waals surface area contributed by atoms with Crippen molar-refractivity contribution in [2.45, 2.75) is 34.7 Å². The fourth-order valence-corrected chi connectivity index (χ4v) is 5.81. The molecule has 184 valence electrons. The van der Waals surface area contributed by atoms with Crippen molar-refractivity contribution in [3.05, 3.63) is 107 Å². The van der Waals surface area contributed by atoms with Gasteiger partial charge in [-0.15, -0.1) is 0 Å². The molecule has 0 atom stereocenters. The summed E-state index contributed by atoms with van der Waals surface area (Å²) in [4.78, 5) is 18.0. The number of benzene rings is 3. The summed E-state index contributed by atoms with van der Waals surface area (Å²) in [6.45, 7) is 2.40. The minimum atomic E-state index is -0.782. The zero-order valence-corrected chi connectivity index (χ0v) is 22.8. The van der Waals surface area contributed by atoms with E-state index in [1.807, 2.05) is 50.5 Å². The van der Waals surface area contributed by atoms with Gasteiger partial charge in [-0.25, -0.2) is 0 Å². The van der Waals surface area contributed by atoms with Gasteiger partial charge in [0.05, 0.1) is 5.60 Å². The number of likely N-dealkylation sites (tertiary alicyclic amines) is 1. The molecule has 5 heteroatoms. The first-order chi connectivity index (χ1) is 16.9. The second kappa shape index (κ2) is 11.2. The lowest BCUT2D eigenvalue weighted by molar-refractivity contribution is -0.133. The van der Waals surface area contributed by atoms with Gasteiger partial charge in [0, 0.05) is 31.6 Å². The number of hydrogen-bond donors (Lipinski definition) is 1. The van der Waals surface area contributed by atoms with Crippen LogP contribution in [0.15, 0.2) is 84.9 Å². The average molecular weight is 583 g/mol. The Morgan fingerprint density at radius 3 is 1.89 bits per heavy atom. The number of likely N-dealkylation sites (N-methyl/N-ethyl adjacent to an activating group) is 1. The molecule has 0 aliphatic carbocycles. The minimum Gasteiger partial charge on any atom is -0.385 e. The van der Waals surface area contributed by atoms with Gasteiger partial charge in [0.2, 0.25) is 5.91 Å². The van der Waals surface area contributed by atoms with Gasteiger partial charge in [-0.3, -0.25) is 4.79 Å². The summed E-state index contributed by atoms with van der Waals surface area (Å²) in [7, 11) is 3.68. The second-order valence-electron chi connectivity index (χ2n) is 9.79. The number of alkyl halides is 1. The van der Waals surface area contributed by atoms with Crippen molar-refractivity contribution in [3.8, 4) is 0 Å². The van der Waals surface area contributed by atoms with Crippen molar-refractivity contribution in [2.75, 3.05) is 33.7 Å². The molecule has 35 heavy (non-hydrogen) atoms. The predicted molar refractivity (Wildman–Crippen MR) is 151 cm³/mol. The van der Waals surface area contributed by atoms with Gasteiger partial charge in [-0.05, 0) is 48.1 Å². The molecule has 4 rings (SSSR count). The Bertz CT molecular complexity index is 1050. The van der Waals surface area contributed by atoms with Crippen molar-refractivity contribution in [1.29, 1.82) is 0 Å². The largest absolute Gasteiger partial charge is 0.385 e. The third kappa shape index (κ3) is 5.47. The van der Waals surface area contributed by atoms with Crippen LogP contribution in [0.1, 0.15) is 41.5 Å². The van der Waals surface area contributed by atoms with Gasteiger partial charge in [0.1, 0.15) is 5.41 Å². The number of halogens is 1. The number of nitrogens with zero attached hydrogens (tertiary/aromatic N) is 2. The molecule has 1 aliphatic rings. The molecular weight excluding hydrogens is 547 g/mol. The van der Waals surface area contributed by atoms with Gasteiger partial charge in [-0.1, -0.05) is 108 Å². The van der Waals surface area contributed by atoms with Crippen LogP contribution in [-0.4, -0.2) is 54.5 Å². The Morgan fingerprint density at radius 1 is 0.914 bits per heavy atom. The van der Waals surface area contributed by atoms with Crippen molar-refractivity contribution in [2.24, 2.45) is 0 Å². The molecule has 1 heterocycles. The van der Waals surface area contributed by atoms with Gasteiger partial charge >= 0.3 is 0 Å². The smallest absolute Gasteiger partial charge is 0.237 e. The molecule has 0 saturated carbocycles. The van der Waals surface area contributed by atoms with E-state index in [1.165, 1.54) is 5.56 Å². The molecule has 0 unspecified atom stereocenters. The van der Waals surface area contributed by atoms with Crippen molar-refractivity contribution in [3.63, 3.8) is 0 Å². The van der Waals surface area contributed by atoms with Crippen LogP contribution in [0.2, 0.25) is 0 Å². The van der Waals surface area contributed by atoms with Crippen molar-refractivity contribution < 1.29 is 9.90 Å². The van der Waals surface area contributed by atoms with Crippen LogP contribution in [0.3, 0.4) is 0 Å². The predicted octanol–water partition coefficient (Wildman–Crippen LogP) is 5.37. The van der Waals surface area contributed by atoms with E-state index in [0.717, 1.165) is 40.8 Å². The summed E-state index contributed by atoms with van der Waals surface area (Å²) in [5, 5.41) is 11.4. The normalized spacial score (nSPS) is 16.1. The van der Waals surface area contributed by atoms with E-state index in [0.29, 0.717) is 19.3 Å². The lowest BCUT2D eigenvalue weighted by atomic mass is 9.70. The minimum absolute atomic E-state index is 0.0961. The highest BCUT2D eigenvalue weighted by atomic mass is 127. The molecule has 3 aromatic rings. The summed E-state index contributed by atoms with van der Waals surface area (Å²) in [5.74, 6) is 0.0961. The maximum Gasteiger partial charge on any atom is 0.237 e. The van der Waals surface area contributed by atoms with Crippen LogP contribution in [-0.2, 0) is 20.2 Å². The van der Waals surface area contributed by atoms with Gasteiger partial charge in [-0.2, -0.15) is 0 Å². The fourth-order valence-electron chi connectivity index (χ4n) is 5.30. The maximum atomic E-state index is 13.8. The fraction of sp³-hybridized carbons (Fsp3) is 0.367. The van der Waals surface area contributed by atoms with Crippen LogP contribution >= 0.6 is 22.6 Å². The summed E-state index contributed by atoms with van der Waals surface area (Å²) in [6, 6.07) is 28.7. The van der Waals surface area contributed by atoms with Gasteiger partial charge in [0.25, 0.3) is 0 Å². The highest BCUT2D eigenvalue weighted by Crippen LogP contribution is 2.39. The van der Waals surface area contributed by atoms with Gasteiger partial charge in [0.15, 0.2) is 0 Å². The average Bonchev–Trinajstić information content (AvgIpc) is 2.91. The Kier molecular flexibility index (Phi) is 8.30. The molecule has 1 aliphatic heterocycles. The lowest BCUT2D eigenvalue weighted by Gasteiger charge is -2.41. The summed E-state index contributed by atoms with van der Waals surface area (Å²) < 4.78 is 0.973. The number of hydrogen-bond acceptors (Lipinski definition) is 3. The van der Waals surface area contributed by atoms with Crippen LogP contribution in [0.25, 0.3) is 0 Å². The zero-order valence-electron chi connectivity index (χ0n) is 20.7. The lowest BCUT2D eigenvalue weighted by Crippen LogP contribution is -2.48. The van der Waals surface area contributed by atoms with Crippen LogP contribution in [0, 0.1) is 0 Å². The van der Waals surface area contributed by atoms with E-state index in [-0.39, 0.29) is 5.91 Å². The van der Waals surface area contributed by atoms with E-state index in [1.54, 1.807) is 4.90 Å². The molecule has 1 fully saturated rings. The highest BCUT2D eigenvalue weighted by molar-refractivity contribution is 14.1. The van der Waals surface area contributed by atoms with E-state index < -0.39 is 11.0 Å². The maximum absolute atomic E-state index is 13.8. The molecular formula is C30H35IN2O2. The van der Waals surface area contributed by atoms with Crippen LogP contribution in [0.5, 0.6) is 0 Å². The molecule has 4 nitrogen and oxygen atoms in total. The number of carbonyl (C=O) groups excluding carboxylic acids is 1. The molecule has 1 saturated heterocycles. The zero-order chi connectivity index (χ0) is 24.9. The molecule has 0 radical (unpaired) electrons. The SMILES string of the molecule is CN(C)C(=O)C(CCN1CCC(O)(c2ccc(CI)cc2)CC1)(c1ccccc1)c1ccccc1. The molecule has 3 aromatic carbocycles. The van der Waals surface area contributed by atoms with Crippen molar-refractivity contribution >= 4 is 28.5 Å². The first-order valence-electron chi connectivity index (χ1n) is 12.3. The number of rotatable bonds is 8. The molecule has 1 amide bonds. The number of piperidine rings is 1. The van der Waals surface area contributed by atoms with E-state index >= 15 is 0 Å². The number of carbonyl (C=O) groups is 1. The first kappa shape index (κ1) is 25.9. The Morgan fingerprint density at radius 2 is 1.43 bits per heavy atom. The molecule has 0 spiro atoms. The molecule has 0 aromatic heterocycles. The van der Waals surface area contributed by atoms with Gasteiger partial charge < -0.3 is 14.9 Å². The Balaban J connectivity index is 1.55. The van der Waals surface area contributed by atoms with Crippen LogP contribution < -0.4 is 0 Å². The monoisotopic (exact) mass is 582 g/mol. The number of amides is 1. The third-order valence-electron chi connectivity index (χ3n) is 7.44. The van der Waals surface area contributed by atoms with Crippen molar-refractivity contribution in [1.82, 2.24) is 9.80 Å². The Hall–Kier alpha value is -2.22. The summed E-state index contributed by atoms with van der Waals surface area (Å²) in [5.41, 5.74) is 2.79. The Labute approximate surface area is 223 Å². The first-order valence-corrected chi connectivity index (χ1v) is 13.8. The second-order valence-corrected chi connectivity index (χ2v) is 10.6. The highest BCUT2D eigenvalue weighted by Gasteiger charge is 2.43. The molecule has 1 N–H and O–H groups in total. The summed E-state index contributed by atoms with van der Waals surface area (Å²) in [6.07, 6.45) is 2.07. The summed E-state index contributed by atoms with van der Waals surface area (Å²) >= 11 is 2.36.